The van der Waals surface area contributed by atoms with Gasteiger partial charge >= 0.3 is 0 Å². The maximum Gasteiger partial charge on any atom is 0.0218 e. The highest BCUT2D eigenvalue weighted by Gasteiger charge is 2.53. The number of benzene rings is 2. The molecule has 21 atom stereocenters. The summed E-state index contributed by atoms with van der Waals surface area (Å²) in [6.45, 7) is 1.52. The van der Waals surface area contributed by atoms with Crippen LogP contribution in [0.25, 0.3) is 11.1 Å². The van der Waals surface area contributed by atoms with Crippen LogP contribution < -0.4 is 0 Å². The molecule has 2 aliphatic carbocycles. The van der Waals surface area contributed by atoms with E-state index < -0.39 is 0 Å². The van der Waals surface area contributed by atoms with Crippen molar-refractivity contribution in [2.45, 2.75) is 76.5 Å². The molecule has 4 rings (SSSR count). The quantitative estimate of drug-likeness (QED) is 0.0814. The fourth-order valence-corrected chi connectivity index (χ4v) is 468. The molecule has 2 aromatic rings. The lowest BCUT2D eigenvalue weighted by atomic mass is 9.66. The second kappa shape index (κ2) is 35.0. The molecule has 0 saturated heterocycles. The Morgan fingerprint density at radius 2 is 0.883 bits per heavy atom. The smallest absolute Gasteiger partial charge is 0.0218 e. The Labute approximate surface area is 442 Å². The minimum Gasteiger partial charge on any atom is -0.102 e. The van der Waals surface area contributed by atoms with Crippen molar-refractivity contribution < 1.29 is 0 Å². The van der Waals surface area contributed by atoms with Crippen LogP contribution in [-0.4, -0.2) is 0 Å². The van der Waals surface area contributed by atoms with Crippen LogP contribution in [0.2, 0.25) is 0 Å². The second-order valence-corrected chi connectivity index (χ2v) is 153. The summed E-state index contributed by atoms with van der Waals surface area (Å²) in [5.41, 5.74) is 8.03. The van der Waals surface area contributed by atoms with Crippen LogP contribution in [0.1, 0.15) is 81.4 Å². The topological polar surface area (TPSA) is 0 Å². The zero-order valence-electron chi connectivity index (χ0n) is 33.3. The number of rotatable bonds is 22. The van der Waals surface area contributed by atoms with Gasteiger partial charge in [-0.1, -0.05) is 89.4 Å². The van der Waals surface area contributed by atoms with Crippen LogP contribution in [0.5, 0.6) is 0 Å². The van der Waals surface area contributed by atoms with E-state index in [2.05, 4.69) is 230 Å². The van der Waals surface area contributed by atoms with Crippen molar-refractivity contribution in [1.29, 1.82) is 0 Å². The van der Waals surface area contributed by atoms with Crippen molar-refractivity contribution in [1.82, 2.24) is 0 Å². The van der Waals surface area contributed by atoms with E-state index in [1.807, 2.05) is 0 Å². The van der Waals surface area contributed by atoms with Gasteiger partial charge in [0, 0.05) is 14.4 Å². The van der Waals surface area contributed by atoms with Crippen LogP contribution in [0, 0.1) is 0 Å². The van der Waals surface area contributed by atoms with Crippen LogP contribution >= 0.6 is 304 Å². The largest absolute Gasteiger partial charge is 0.102 e. The van der Waals surface area contributed by atoms with Crippen molar-refractivity contribution >= 4 is 304 Å². The van der Waals surface area contributed by atoms with Crippen molar-refractivity contribution in [2.24, 2.45) is 0 Å². The molecular formula is C24H64Br2P34. The molecule has 0 amide bonds. The van der Waals surface area contributed by atoms with Crippen LogP contribution in [0.15, 0.2) is 39.3 Å². The SMILES string of the molecule is CCCCCCCCC12CCCc3c(Br)ccc(c31)-c1ccc(Br)cc12.PP(P)P(P(P)P)P(P(P)P)P(P(P(P)P)P(P)P)P(P(P(P)P)P(P)P)P(P(P)P)P(P)P. The molecule has 0 bridgehead atoms. The summed E-state index contributed by atoms with van der Waals surface area (Å²) in [4.78, 5) is 0. The van der Waals surface area contributed by atoms with Crippen LogP contribution in [0.3, 0.4) is 0 Å². The molecule has 0 spiro atoms. The third-order valence-corrected chi connectivity index (χ3v) is 236. The molecule has 60 heavy (non-hydrogen) atoms. The Bertz CT molecular complexity index is 1560. The highest BCUT2D eigenvalue weighted by atomic mass is 79.9. The first kappa shape index (κ1) is 68.3. The van der Waals surface area contributed by atoms with Gasteiger partial charge in [-0.2, -0.15) is 0 Å². The van der Waals surface area contributed by atoms with Crippen molar-refractivity contribution in [2.75, 3.05) is 0 Å². The fourth-order valence-electron chi connectivity index (χ4n) is 7.24. The number of hydrogen-bond acceptors (Lipinski definition) is 0. The van der Waals surface area contributed by atoms with E-state index in [9.17, 15) is 0 Å². The lowest BCUT2D eigenvalue weighted by Crippen LogP contribution is -2.30. The molecule has 2 aromatic carbocycles. The van der Waals surface area contributed by atoms with Crippen LogP contribution in [0.4, 0.5) is 0 Å². The van der Waals surface area contributed by atoms with Gasteiger partial charge in [0.1, 0.15) is 0 Å². The van der Waals surface area contributed by atoms with E-state index in [0.717, 1.165) is 0 Å². The van der Waals surface area contributed by atoms with E-state index in [-0.39, 0.29) is 117 Å². The zero-order chi connectivity index (χ0) is 45.4. The molecule has 2 aliphatic rings. The van der Waals surface area contributed by atoms with E-state index >= 15 is 0 Å². The molecular weight excluding hydrogens is 1500 g/mol. The van der Waals surface area contributed by atoms with E-state index in [1.165, 1.54) is 84.3 Å². The molecule has 0 aliphatic heterocycles. The molecule has 0 aromatic heterocycles. The van der Waals surface area contributed by atoms with E-state index in [0.29, 0.717) is 0 Å². The first-order chi connectivity index (χ1) is 28.1. The number of halogens is 2. The zero-order valence-corrected chi connectivity index (χ0v) is 71.5. The summed E-state index contributed by atoms with van der Waals surface area (Å²) in [6.07, 6.45) is 13.4. The van der Waals surface area contributed by atoms with E-state index in [1.54, 1.807) is 16.7 Å². The number of hydrogen-bond donors (Lipinski definition) is 0. The monoisotopic (exact) mass is 1560 g/mol. The summed E-state index contributed by atoms with van der Waals surface area (Å²) < 4.78 is 2.53. The van der Waals surface area contributed by atoms with Gasteiger partial charge in [-0.15, -0.1) is 161 Å². The molecule has 344 valence electrons. The minimum atomic E-state index is -0.103. The highest BCUT2D eigenvalue weighted by Crippen LogP contribution is 3.40. The Kier molecular flexibility index (Phi) is 39.8. The third-order valence-electron chi connectivity index (χ3n) is 9.33. The number of unbranched alkanes of at least 4 members (excludes halogenated alkanes) is 5. The molecule has 36 heteroatoms. The maximum atomic E-state index is 3.86. The fraction of sp³-hybridized carbons (Fsp3) is 0.500. The first-order valence-corrected chi connectivity index (χ1v) is 80.7. The van der Waals surface area contributed by atoms with E-state index in [4.69, 9.17) is 0 Å². The maximum absolute atomic E-state index is 3.86. The molecule has 21 unspecified atom stereocenters. The van der Waals surface area contributed by atoms with Crippen molar-refractivity contribution in [3.63, 3.8) is 0 Å². The summed E-state index contributed by atoms with van der Waals surface area (Å²) in [5, 5.41) is 0. The van der Waals surface area contributed by atoms with Gasteiger partial charge < -0.3 is 0 Å². The summed E-state index contributed by atoms with van der Waals surface area (Å²) in [5.74, 6) is 0. The average molecular weight is 1570 g/mol. The van der Waals surface area contributed by atoms with Crippen LogP contribution in [-0.2, 0) is 11.8 Å². The first-order valence-electron chi connectivity index (χ1n) is 17.9. The molecule has 0 heterocycles. The Balaban J connectivity index is 0.000000329. The predicted octanol–water partition coefficient (Wildman–Crippen LogP) is 28.2. The normalized spacial score (nSPS) is 17.7. The van der Waals surface area contributed by atoms with Gasteiger partial charge in [0.15, 0.2) is 0 Å². The molecule has 0 fully saturated rings. The second-order valence-electron chi connectivity index (χ2n) is 13.4. The Morgan fingerprint density at radius 3 is 1.33 bits per heavy atom. The number of fused-ring (bicyclic) bond motifs is 3. The van der Waals surface area contributed by atoms with Gasteiger partial charge in [0.05, 0.1) is 0 Å². The van der Waals surface area contributed by atoms with Gasteiger partial charge in [-0.05, 0) is 183 Å². The van der Waals surface area contributed by atoms with Gasteiger partial charge in [0.25, 0.3) is 0 Å². The van der Waals surface area contributed by atoms with Crippen molar-refractivity contribution in [3.8, 4) is 11.1 Å². The van der Waals surface area contributed by atoms with Gasteiger partial charge in [-0.25, -0.2) is 0 Å². The lowest BCUT2D eigenvalue weighted by Gasteiger charge is -2.54. The molecule has 0 radical (unpaired) electrons. The Morgan fingerprint density at radius 1 is 0.483 bits per heavy atom. The van der Waals surface area contributed by atoms with Gasteiger partial charge in [0.2, 0.25) is 0 Å². The Hall–Kier alpha value is 14.0. The predicted molar refractivity (Wildman–Crippen MR) is 404 cm³/mol. The van der Waals surface area contributed by atoms with Crippen molar-refractivity contribution in [3.05, 3.63) is 56.0 Å². The lowest BCUT2D eigenvalue weighted by molar-refractivity contribution is 0.387. The molecule has 0 saturated carbocycles. The summed E-state index contributed by atoms with van der Waals surface area (Å²) in [6, 6.07) is 11.6. The summed E-state index contributed by atoms with van der Waals surface area (Å²) in [7, 11) is 60.0. The molecule has 0 nitrogen and oxygen atoms in total. The summed E-state index contributed by atoms with van der Waals surface area (Å²) >= 11 is 7.60. The highest BCUT2D eigenvalue weighted by molar-refractivity contribution is 9.46. The third kappa shape index (κ3) is 19.6. The average Bonchev–Trinajstić information content (AvgIpc) is 3.40. The minimum absolute atomic E-state index is 0.000249. The standard InChI is InChI=1S/C24H28Br2.H36P34/c1-2-3-4-5-6-7-14-24-15-8-9-20-22(26)13-12-19(23(20)24)18-11-10-17(25)16-21(18)24;1-19(2)28(20(3)4)32(27(17)18)34(31(25(13)14)26(15)16)33(29(21(5)6)22(7)8)30(23(9)10)24(11)12/h10-13,16H,2-9,14-15H2,1H3;1-18H2. The van der Waals surface area contributed by atoms with Gasteiger partial charge in [-0.3, -0.25) is 0 Å². The molecule has 0 N–H and O–H groups in total.